The van der Waals surface area contributed by atoms with Crippen molar-refractivity contribution in [1.82, 2.24) is 5.32 Å². The van der Waals surface area contributed by atoms with Gasteiger partial charge < -0.3 is 11.1 Å². The fourth-order valence-electron chi connectivity index (χ4n) is 1.42. The van der Waals surface area contributed by atoms with Crippen LogP contribution in [0.15, 0.2) is 0 Å². The van der Waals surface area contributed by atoms with Gasteiger partial charge in [0, 0.05) is 23.8 Å². The van der Waals surface area contributed by atoms with Crippen LogP contribution in [-0.2, 0) is 4.79 Å². The summed E-state index contributed by atoms with van der Waals surface area (Å²) >= 11 is 1.96. The maximum absolute atomic E-state index is 11.5. The van der Waals surface area contributed by atoms with Crippen molar-refractivity contribution in [3.63, 3.8) is 0 Å². The number of nitrogens with two attached hydrogens (primary N) is 1. The van der Waals surface area contributed by atoms with Crippen molar-refractivity contribution >= 4 is 30.1 Å². The van der Waals surface area contributed by atoms with Gasteiger partial charge in [-0.25, -0.2) is 0 Å². The maximum Gasteiger partial charge on any atom is 0.224 e. The van der Waals surface area contributed by atoms with Crippen LogP contribution in [0.2, 0.25) is 0 Å². The largest absolute Gasteiger partial charge is 0.355 e. The molecule has 5 heteroatoms. The zero-order chi connectivity index (χ0) is 10.6. The summed E-state index contributed by atoms with van der Waals surface area (Å²) in [5.74, 6) is 1.25. The molecule has 3 atom stereocenters. The van der Waals surface area contributed by atoms with E-state index < -0.39 is 0 Å². The zero-order valence-electron chi connectivity index (χ0n) is 9.36. The minimum absolute atomic E-state index is 0. The molecule has 1 heterocycles. The summed E-state index contributed by atoms with van der Waals surface area (Å²) in [7, 11) is 0. The quantitative estimate of drug-likeness (QED) is 0.796. The molecule has 0 aromatic rings. The van der Waals surface area contributed by atoms with Crippen molar-refractivity contribution in [2.24, 2.45) is 11.7 Å². The highest BCUT2D eigenvalue weighted by Gasteiger charge is 2.20. The minimum atomic E-state index is -0.0820. The lowest BCUT2D eigenvalue weighted by Gasteiger charge is -2.17. The van der Waals surface area contributed by atoms with Crippen molar-refractivity contribution in [2.45, 2.75) is 38.0 Å². The van der Waals surface area contributed by atoms with E-state index in [1.807, 2.05) is 25.6 Å². The average molecular weight is 253 g/mol. The summed E-state index contributed by atoms with van der Waals surface area (Å²) < 4.78 is 0. The molecule has 1 amide bonds. The van der Waals surface area contributed by atoms with Crippen molar-refractivity contribution < 1.29 is 4.79 Å². The van der Waals surface area contributed by atoms with E-state index in [1.165, 1.54) is 18.6 Å². The Morgan fingerprint density at radius 2 is 2.27 bits per heavy atom. The number of rotatable bonds is 4. The first kappa shape index (κ1) is 15.1. The molecular formula is C10H21ClN2OS. The first-order valence-electron chi connectivity index (χ1n) is 5.26. The van der Waals surface area contributed by atoms with E-state index in [0.717, 1.165) is 6.54 Å². The van der Waals surface area contributed by atoms with Gasteiger partial charge in [0.25, 0.3) is 0 Å². The van der Waals surface area contributed by atoms with Crippen LogP contribution in [0.5, 0.6) is 0 Å². The van der Waals surface area contributed by atoms with Gasteiger partial charge in [-0.2, -0.15) is 11.8 Å². The second-order valence-corrected chi connectivity index (χ2v) is 5.44. The van der Waals surface area contributed by atoms with Gasteiger partial charge in [-0.05, 0) is 25.5 Å². The van der Waals surface area contributed by atoms with Crippen LogP contribution in [0.1, 0.15) is 26.7 Å². The van der Waals surface area contributed by atoms with Crippen LogP contribution < -0.4 is 11.1 Å². The smallest absolute Gasteiger partial charge is 0.224 e. The molecular weight excluding hydrogens is 232 g/mol. The van der Waals surface area contributed by atoms with Gasteiger partial charge in [-0.15, -0.1) is 12.4 Å². The monoisotopic (exact) mass is 252 g/mol. The Labute approximate surface area is 102 Å². The molecule has 0 aliphatic carbocycles. The fourth-order valence-corrected chi connectivity index (χ4v) is 2.62. The first-order chi connectivity index (χ1) is 6.61. The predicted molar refractivity (Wildman–Crippen MR) is 68.6 cm³/mol. The van der Waals surface area contributed by atoms with Crippen LogP contribution in [0, 0.1) is 5.92 Å². The summed E-state index contributed by atoms with van der Waals surface area (Å²) in [6, 6.07) is -0.0637. The lowest BCUT2D eigenvalue weighted by molar-refractivity contribution is -0.124. The van der Waals surface area contributed by atoms with E-state index in [1.54, 1.807) is 0 Å². The van der Waals surface area contributed by atoms with Crippen LogP contribution >= 0.6 is 24.2 Å². The Morgan fingerprint density at radius 1 is 1.60 bits per heavy atom. The molecule has 3 N–H and O–H groups in total. The van der Waals surface area contributed by atoms with Crippen molar-refractivity contribution in [1.29, 1.82) is 0 Å². The van der Waals surface area contributed by atoms with E-state index >= 15 is 0 Å². The second-order valence-electron chi connectivity index (χ2n) is 4.03. The number of halogens is 1. The SMILES string of the molecule is CC(N)C(C)C(=O)NCC1CCCS1.Cl. The minimum Gasteiger partial charge on any atom is -0.355 e. The lowest BCUT2D eigenvalue weighted by atomic mass is 10.0. The average Bonchev–Trinajstić information content (AvgIpc) is 2.65. The van der Waals surface area contributed by atoms with Crippen molar-refractivity contribution in [3.8, 4) is 0 Å². The van der Waals surface area contributed by atoms with Crippen LogP contribution in [0.4, 0.5) is 0 Å². The van der Waals surface area contributed by atoms with Crippen LogP contribution in [0.25, 0.3) is 0 Å². The Bertz CT molecular complexity index is 196. The molecule has 0 aromatic carbocycles. The molecule has 0 saturated carbocycles. The van der Waals surface area contributed by atoms with Crippen LogP contribution in [0.3, 0.4) is 0 Å². The Balaban J connectivity index is 0.00000196. The van der Waals surface area contributed by atoms with E-state index in [4.69, 9.17) is 5.73 Å². The molecule has 1 rings (SSSR count). The van der Waals surface area contributed by atoms with Gasteiger partial charge in [-0.1, -0.05) is 6.92 Å². The van der Waals surface area contributed by atoms with Gasteiger partial charge >= 0.3 is 0 Å². The summed E-state index contributed by atoms with van der Waals surface area (Å²) in [5.41, 5.74) is 5.65. The molecule has 3 nitrogen and oxygen atoms in total. The Kier molecular flexibility index (Phi) is 7.40. The number of hydrogen-bond acceptors (Lipinski definition) is 3. The summed E-state index contributed by atoms with van der Waals surface area (Å²) in [6.45, 7) is 4.55. The number of carbonyl (C=O) groups is 1. The molecule has 0 aromatic heterocycles. The predicted octanol–water partition coefficient (Wildman–Crippen LogP) is 1.40. The molecule has 1 saturated heterocycles. The Hall–Kier alpha value is 0.0700. The highest BCUT2D eigenvalue weighted by atomic mass is 35.5. The van der Waals surface area contributed by atoms with Gasteiger partial charge in [0.05, 0.1) is 0 Å². The summed E-state index contributed by atoms with van der Waals surface area (Å²) in [4.78, 5) is 11.5. The lowest BCUT2D eigenvalue weighted by Crippen LogP contribution is -2.40. The van der Waals surface area contributed by atoms with E-state index in [9.17, 15) is 4.79 Å². The third kappa shape index (κ3) is 5.09. The summed E-state index contributed by atoms with van der Waals surface area (Å²) in [6.07, 6.45) is 2.52. The topological polar surface area (TPSA) is 55.1 Å². The standard InChI is InChI=1S/C10H20N2OS.ClH/c1-7(8(2)11)10(13)12-6-9-4-3-5-14-9;/h7-9H,3-6,11H2,1-2H3,(H,12,13);1H. The van der Waals surface area contributed by atoms with Gasteiger partial charge in [0.2, 0.25) is 5.91 Å². The third-order valence-corrected chi connectivity index (χ3v) is 4.13. The second kappa shape index (κ2) is 7.36. The normalized spacial score (nSPS) is 24.1. The van der Waals surface area contributed by atoms with E-state index in [2.05, 4.69) is 5.32 Å². The molecule has 15 heavy (non-hydrogen) atoms. The number of carbonyl (C=O) groups excluding carboxylic acids is 1. The molecule has 1 aliphatic heterocycles. The number of thioether (sulfide) groups is 1. The first-order valence-corrected chi connectivity index (χ1v) is 6.31. The maximum atomic E-state index is 11.5. The molecule has 90 valence electrons. The van der Waals surface area contributed by atoms with Crippen LogP contribution in [-0.4, -0.2) is 29.5 Å². The fraction of sp³-hybridized carbons (Fsp3) is 0.900. The molecule has 1 aliphatic rings. The Morgan fingerprint density at radius 3 is 2.73 bits per heavy atom. The molecule has 0 bridgehead atoms. The number of nitrogens with one attached hydrogen (secondary N) is 1. The molecule has 0 spiro atoms. The van der Waals surface area contributed by atoms with Gasteiger partial charge in [-0.3, -0.25) is 4.79 Å². The molecule has 3 unspecified atom stereocenters. The summed E-state index contributed by atoms with van der Waals surface area (Å²) in [5, 5.41) is 3.59. The highest BCUT2D eigenvalue weighted by molar-refractivity contribution is 8.00. The van der Waals surface area contributed by atoms with Crippen molar-refractivity contribution in [2.75, 3.05) is 12.3 Å². The number of hydrogen-bond donors (Lipinski definition) is 2. The highest BCUT2D eigenvalue weighted by Crippen LogP contribution is 2.25. The molecule has 1 fully saturated rings. The van der Waals surface area contributed by atoms with Gasteiger partial charge in [0.15, 0.2) is 0 Å². The van der Waals surface area contributed by atoms with Gasteiger partial charge in [0.1, 0.15) is 0 Å². The zero-order valence-corrected chi connectivity index (χ0v) is 11.0. The van der Waals surface area contributed by atoms with E-state index in [-0.39, 0.29) is 30.3 Å². The third-order valence-electron chi connectivity index (χ3n) is 2.73. The van der Waals surface area contributed by atoms with E-state index in [0.29, 0.717) is 5.25 Å². The number of amides is 1. The molecule has 0 radical (unpaired) electrons. The van der Waals surface area contributed by atoms with Crippen molar-refractivity contribution in [3.05, 3.63) is 0 Å².